The molecule has 1 aromatic heterocycles. The molecule has 5 heteroatoms. The first-order valence-electron chi connectivity index (χ1n) is 6.76. The molecule has 0 atom stereocenters. The molecule has 5 nitrogen and oxygen atoms in total. The Morgan fingerprint density at radius 2 is 1.95 bits per heavy atom. The molecule has 0 saturated heterocycles. The Morgan fingerprint density at radius 3 is 2.48 bits per heavy atom. The Kier molecular flexibility index (Phi) is 3.87. The molecule has 0 unspecified atom stereocenters. The van der Waals surface area contributed by atoms with Crippen LogP contribution in [0.1, 0.15) is 25.0 Å². The van der Waals surface area contributed by atoms with Gasteiger partial charge in [0, 0.05) is 23.7 Å². The second kappa shape index (κ2) is 5.33. The average Bonchev–Trinajstić information content (AvgIpc) is 2.40. The summed E-state index contributed by atoms with van der Waals surface area (Å²) < 4.78 is 6.59. The third kappa shape index (κ3) is 2.97. The van der Waals surface area contributed by atoms with Gasteiger partial charge < -0.3 is 10.5 Å². The van der Waals surface area contributed by atoms with Crippen molar-refractivity contribution in [2.45, 2.75) is 26.3 Å². The summed E-state index contributed by atoms with van der Waals surface area (Å²) in [6.45, 7) is 5.59. The van der Waals surface area contributed by atoms with Gasteiger partial charge in [0.05, 0.1) is 12.8 Å². The van der Waals surface area contributed by atoms with Crippen molar-refractivity contribution in [3.8, 4) is 17.0 Å². The number of aryl methyl sites for hydroxylation is 2. The number of aromatic nitrogens is 2. The van der Waals surface area contributed by atoms with E-state index in [1.807, 2.05) is 39.0 Å². The molecule has 112 valence electrons. The lowest BCUT2D eigenvalue weighted by Crippen LogP contribution is -2.38. The van der Waals surface area contributed by atoms with Crippen LogP contribution in [0, 0.1) is 6.92 Å². The fourth-order valence-corrected chi connectivity index (χ4v) is 2.25. The largest absolute Gasteiger partial charge is 0.496 e. The maximum absolute atomic E-state index is 12.2. The number of hydrogen-bond acceptors (Lipinski definition) is 4. The first-order chi connectivity index (χ1) is 9.74. The molecule has 0 spiro atoms. The lowest BCUT2D eigenvalue weighted by molar-refractivity contribution is 0.412. The van der Waals surface area contributed by atoms with Crippen LogP contribution in [-0.4, -0.2) is 16.9 Å². The fourth-order valence-electron chi connectivity index (χ4n) is 2.25. The van der Waals surface area contributed by atoms with Crippen LogP contribution >= 0.6 is 0 Å². The summed E-state index contributed by atoms with van der Waals surface area (Å²) >= 11 is 0. The van der Waals surface area contributed by atoms with Crippen LogP contribution in [0.3, 0.4) is 0 Å². The minimum atomic E-state index is -0.714. The van der Waals surface area contributed by atoms with E-state index in [2.05, 4.69) is 5.10 Å². The molecule has 2 rings (SSSR count). The van der Waals surface area contributed by atoms with Gasteiger partial charge in [-0.05, 0) is 50.6 Å². The minimum Gasteiger partial charge on any atom is -0.496 e. The van der Waals surface area contributed by atoms with Crippen molar-refractivity contribution in [3.63, 3.8) is 0 Å². The summed E-state index contributed by atoms with van der Waals surface area (Å²) in [4.78, 5) is 12.2. The van der Waals surface area contributed by atoms with Crippen LogP contribution in [0.15, 0.2) is 29.1 Å². The van der Waals surface area contributed by atoms with Crippen molar-refractivity contribution in [1.29, 1.82) is 0 Å². The fraction of sp³-hybridized carbons (Fsp3) is 0.375. The highest BCUT2D eigenvalue weighted by atomic mass is 16.5. The van der Waals surface area contributed by atoms with Gasteiger partial charge in [0.1, 0.15) is 5.75 Å². The number of nitrogens with two attached hydrogens (primary N) is 1. The molecular weight excluding hydrogens is 266 g/mol. The molecule has 1 aromatic carbocycles. The van der Waals surface area contributed by atoms with Gasteiger partial charge in [-0.3, -0.25) is 4.79 Å². The van der Waals surface area contributed by atoms with Gasteiger partial charge in [-0.2, -0.15) is 5.10 Å². The summed E-state index contributed by atoms with van der Waals surface area (Å²) in [5.41, 5.74) is 8.41. The maximum atomic E-state index is 12.2. The summed E-state index contributed by atoms with van der Waals surface area (Å²) in [5, 5.41) is 4.32. The number of benzene rings is 1. The number of nitrogens with zero attached hydrogens (tertiary/aromatic N) is 2. The summed E-state index contributed by atoms with van der Waals surface area (Å²) in [7, 11) is 3.28. The van der Waals surface area contributed by atoms with Gasteiger partial charge >= 0.3 is 0 Å². The standard InChI is InChI=1S/C16H21N3O2/c1-10-8-11(6-7-14(10)21-5)13-9-12(16(2,3)17)15(20)19(4)18-13/h6-9H,17H2,1-5H3. The van der Waals surface area contributed by atoms with E-state index in [9.17, 15) is 4.79 Å². The quantitative estimate of drug-likeness (QED) is 0.937. The molecule has 21 heavy (non-hydrogen) atoms. The van der Waals surface area contributed by atoms with Crippen LogP contribution in [-0.2, 0) is 12.6 Å². The predicted molar refractivity (Wildman–Crippen MR) is 83.4 cm³/mol. The van der Waals surface area contributed by atoms with E-state index in [0.717, 1.165) is 22.6 Å². The van der Waals surface area contributed by atoms with Crippen molar-refractivity contribution >= 4 is 0 Å². The lowest BCUT2D eigenvalue weighted by Gasteiger charge is -2.19. The topological polar surface area (TPSA) is 70.1 Å². The van der Waals surface area contributed by atoms with Crippen molar-refractivity contribution < 1.29 is 4.74 Å². The zero-order chi connectivity index (χ0) is 15.8. The van der Waals surface area contributed by atoms with Gasteiger partial charge in [-0.25, -0.2) is 4.68 Å². The maximum Gasteiger partial charge on any atom is 0.271 e. The molecule has 0 bridgehead atoms. The summed E-state index contributed by atoms with van der Waals surface area (Å²) in [6, 6.07) is 7.57. The molecule has 0 aliphatic carbocycles. The van der Waals surface area contributed by atoms with Crippen LogP contribution < -0.4 is 16.0 Å². The molecule has 0 fully saturated rings. The SMILES string of the molecule is COc1ccc(-c2cc(C(C)(C)N)c(=O)n(C)n2)cc1C. The van der Waals surface area contributed by atoms with Crippen molar-refractivity contribution in [2.75, 3.05) is 7.11 Å². The van der Waals surface area contributed by atoms with Gasteiger partial charge in [0.15, 0.2) is 0 Å². The number of rotatable bonds is 3. The Balaban J connectivity index is 2.63. The van der Waals surface area contributed by atoms with E-state index in [1.54, 1.807) is 20.2 Å². The van der Waals surface area contributed by atoms with Crippen LogP contribution in [0.4, 0.5) is 0 Å². The molecule has 0 amide bonds. The third-order valence-electron chi connectivity index (χ3n) is 3.45. The second-order valence-corrected chi connectivity index (χ2v) is 5.78. The van der Waals surface area contributed by atoms with Gasteiger partial charge in [-0.15, -0.1) is 0 Å². The van der Waals surface area contributed by atoms with Crippen molar-refractivity contribution in [2.24, 2.45) is 12.8 Å². The van der Waals surface area contributed by atoms with Gasteiger partial charge in [0.25, 0.3) is 5.56 Å². The molecule has 0 radical (unpaired) electrons. The van der Waals surface area contributed by atoms with E-state index in [0.29, 0.717) is 5.56 Å². The Morgan fingerprint density at radius 1 is 1.29 bits per heavy atom. The van der Waals surface area contributed by atoms with Crippen LogP contribution in [0.5, 0.6) is 5.75 Å². The van der Waals surface area contributed by atoms with E-state index >= 15 is 0 Å². The number of ether oxygens (including phenoxy) is 1. The second-order valence-electron chi connectivity index (χ2n) is 5.78. The van der Waals surface area contributed by atoms with E-state index < -0.39 is 5.54 Å². The van der Waals surface area contributed by atoms with E-state index in [1.165, 1.54) is 4.68 Å². The molecule has 0 aliphatic heterocycles. The molecule has 0 aliphatic rings. The molecule has 0 saturated carbocycles. The predicted octanol–water partition coefficient (Wildman–Crippen LogP) is 1.96. The molecular formula is C16H21N3O2. The number of hydrogen-bond donors (Lipinski definition) is 1. The van der Waals surface area contributed by atoms with Gasteiger partial charge in [0.2, 0.25) is 0 Å². The Bertz CT molecular complexity index is 727. The van der Waals surface area contributed by atoms with E-state index in [4.69, 9.17) is 10.5 Å². The zero-order valence-corrected chi connectivity index (χ0v) is 13.1. The first kappa shape index (κ1) is 15.3. The summed E-state index contributed by atoms with van der Waals surface area (Å²) in [5.74, 6) is 0.822. The molecule has 2 aromatic rings. The Hall–Kier alpha value is -2.14. The number of methoxy groups -OCH3 is 1. The summed E-state index contributed by atoms with van der Waals surface area (Å²) in [6.07, 6.45) is 0. The zero-order valence-electron chi connectivity index (χ0n) is 13.1. The molecule has 2 N–H and O–H groups in total. The highest BCUT2D eigenvalue weighted by Crippen LogP contribution is 2.26. The minimum absolute atomic E-state index is 0.170. The average molecular weight is 287 g/mol. The van der Waals surface area contributed by atoms with Gasteiger partial charge in [-0.1, -0.05) is 0 Å². The normalized spacial score (nSPS) is 11.5. The van der Waals surface area contributed by atoms with Crippen molar-refractivity contribution in [1.82, 2.24) is 9.78 Å². The van der Waals surface area contributed by atoms with Crippen LogP contribution in [0.25, 0.3) is 11.3 Å². The highest BCUT2D eigenvalue weighted by molar-refractivity contribution is 5.62. The molecule has 1 heterocycles. The Labute approximate surface area is 124 Å². The lowest BCUT2D eigenvalue weighted by atomic mass is 9.95. The smallest absolute Gasteiger partial charge is 0.271 e. The van der Waals surface area contributed by atoms with Crippen molar-refractivity contribution in [3.05, 3.63) is 45.7 Å². The highest BCUT2D eigenvalue weighted by Gasteiger charge is 2.21. The van der Waals surface area contributed by atoms with E-state index in [-0.39, 0.29) is 5.56 Å². The third-order valence-corrected chi connectivity index (χ3v) is 3.45. The van der Waals surface area contributed by atoms with Crippen LogP contribution in [0.2, 0.25) is 0 Å². The first-order valence-corrected chi connectivity index (χ1v) is 6.76. The monoisotopic (exact) mass is 287 g/mol.